The molecular formula is C27H22O. The molecule has 1 heteroatoms. The van der Waals surface area contributed by atoms with Crippen LogP contribution in [0.5, 0.6) is 0 Å². The Morgan fingerprint density at radius 1 is 0.464 bits per heavy atom. The van der Waals surface area contributed by atoms with Crippen molar-refractivity contribution in [3.05, 3.63) is 150 Å². The molecule has 0 aliphatic heterocycles. The van der Waals surface area contributed by atoms with Crippen molar-refractivity contribution in [1.82, 2.24) is 0 Å². The maximum Gasteiger partial charge on any atom is 0.183 e. The van der Waals surface area contributed by atoms with E-state index in [4.69, 9.17) is 4.74 Å². The summed E-state index contributed by atoms with van der Waals surface area (Å²) in [5.74, 6) is 0. The molecule has 0 bridgehead atoms. The topological polar surface area (TPSA) is 9.23 Å². The van der Waals surface area contributed by atoms with Crippen LogP contribution in [0.15, 0.2) is 128 Å². The Kier molecular flexibility index (Phi) is 5.35. The van der Waals surface area contributed by atoms with Gasteiger partial charge in [-0.2, -0.15) is 0 Å². The molecule has 0 unspecified atom stereocenters. The predicted molar refractivity (Wildman–Crippen MR) is 116 cm³/mol. The SMILES string of the molecule is C(=Cc1ccccc1)OC(c1ccccc1)(c1ccccc1)c1ccccc1. The van der Waals surface area contributed by atoms with E-state index >= 15 is 0 Å². The zero-order valence-electron chi connectivity index (χ0n) is 15.6. The summed E-state index contributed by atoms with van der Waals surface area (Å²) in [7, 11) is 0. The van der Waals surface area contributed by atoms with Gasteiger partial charge < -0.3 is 4.74 Å². The average Bonchev–Trinajstić information content (AvgIpc) is 2.79. The van der Waals surface area contributed by atoms with E-state index in [9.17, 15) is 0 Å². The highest BCUT2D eigenvalue weighted by molar-refractivity contribution is 5.50. The van der Waals surface area contributed by atoms with Crippen molar-refractivity contribution >= 4 is 6.08 Å². The number of ether oxygens (including phenoxy) is 1. The summed E-state index contributed by atoms with van der Waals surface area (Å²) in [6.07, 6.45) is 3.81. The van der Waals surface area contributed by atoms with Crippen molar-refractivity contribution in [2.75, 3.05) is 0 Å². The molecule has 0 saturated carbocycles. The second kappa shape index (κ2) is 8.41. The molecule has 0 saturated heterocycles. The van der Waals surface area contributed by atoms with Gasteiger partial charge in [0, 0.05) is 16.7 Å². The molecule has 0 radical (unpaired) electrons. The lowest BCUT2D eigenvalue weighted by Gasteiger charge is -2.35. The van der Waals surface area contributed by atoms with E-state index < -0.39 is 5.60 Å². The molecule has 4 aromatic carbocycles. The summed E-state index contributed by atoms with van der Waals surface area (Å²) >= 11 is 0. The van der Waals surface area contributed by atoms with Crippen LogP contribution in [-0.2, 0) is 10.3 Å². The molecule has 28 heavy (non-hydrogen) atoms. The van der Waals surface area contributed by atoms with E-state index in [2.05, 4.69) is 84.9 Å². The van der Waals surface area contributed by atoms with Crippen LogP contribution >= 0.6 is 0 Å². The van der Waals surface area contributed by atoms with Gasteiger partial charge in [-0.3, -0.25) is 0 Å². The third-order valence-corrected chi connectivity index (χ3v) is 4.85. The smallest absolute Gasteiger partial charge is 0.183 e. The van der Waals surface area contributed by atoms with Crippen LogP contribution in [0.3, 0.4) is 0 Å². The van der Waals surface area contributed by atoms with Crippen LogP contribution in [0.4, 0.5) is 0 Å². The van der Waals surface area contributed by atoms with E-state index in [0.717, 1.165) is 22.3 Å². The van der Waals surface area contributed by atoms with Gasteiger partial charge in [-0.1, -0.05) is 121 Å². The van der Waals surface area contributed by atoms with Gasteiger partial charge in [0.15, 0.2) is 5.60 Å². The van der Waals surface area contributed by atoms with Gasteiger partial charge in [0.25, 0.3) is 0 Å². The summed E-state index contributed by atoms with van der Waals surface area (Å²) in [6, 6.07) is 41.4. The van der Waals surface area contributed by atoms with Gasteiger partial charge in [-0.25, -0.2) is 0 Å². The molecular weight excluding hydrogens is 340 g/mol. The van der Waals surface area contributed by atoms with Crippen molar-refractivity contribution in [2.45, 2.75) is 5.60 Å². The van der Waals surface area contributed by atoms with Crippen LogP contribution in [0.25, 0.3) is 6.08 Å². The van der Waals surface area contributed by atoms with Gasteiger partial charge in [-0.15, -0.1) is 0 Å². The molecule has 0 aromatic heterocycles. The maximum atomic E-state index is 6.61. The van der Waals surface area contributed by atoms with E-state index in [-0.39, 0.29) is 0 Å². The van der Waals surface area contributed by atoms with E-state index in [1.54, 1.807) is 0 Å². The van der Waals surface area contributed by atoms with Crippen molar-refractivity contribution < 1.29 is 4.74 Å². The summed E-state index contributed by atoms with van der Waals surface area (Å²) in [4.78, 5) is 0. The van der Waals surface area contributed by atoms with Gasteiger partial charge in [0.05, 0.1) is 6.26 Å². The highest BCUT2D eigenvalue weighted by Crippen LogP contribution is 2.40. The second-order valence-electron chi connectivity index (χ2n) is 6.61. The van der Waals surface area contributed by atoms with Crippen LogP contribution in [0.1, 0.15) is 22.3 Å². The highest BCUT2D eigenvalue weighted by Gasteiger charge is 2.37. The minimum absolute atomic E-state index is 0.727. The quantitative estimate of drug-likeness (QED) is 0.275. The fraction of sp³-hybridized carbons (Fsp3) is 0.0370. The van der Waals surface area contributed by atoms with Crippen molar-refractivity contribution in [3.63, 3.8) is 0 Å². The molecule has 0 amide bonds. The van der Waals surface area contributed by atoms with E-state index in [1.807, 2.05) is 48.7 Å². The zero-order valence-corrected chi connectivity index (χ0v) is 15.6. The monoisotopic (exact) mass is 362 g/mol. The molecule has 4 rings (SSSR count). The van der Waals surface area contributed by atoms with Gasteiger partial charge in [0.1, 0.15) is 0 Å². The number of benzene rings is 4. The molecule has 136 valence electrons. The maximum absolute atomic E-state index is 6.61. The first kappa shape index (κ1) is 17.8. The minimum atomic E-state index is -0.727. The molecule has 0 N–H and O–H groups in total. The summed E-state index contributed by atoms with van der Waals surface area (Å²) < 4.78 is 6.61. The fourth-order valence-corrected chi connectivity index (χ4v) is 3.50. The predicted octanol–water partition coefficient (Wildman–Crippen LogP) is 6.67. The van der Waals surface area contributed by atoms with Gasteiger partial charge >= 0.3 is 0 Å². The van der Waals surface area contributed by atoms with Crippen molar-refractivity contribution in [1.29, 1.82) is 0 Å². The normalized spacial score (nSPS) is 11.4. The Morgan fingerprint density at radius 3 is 1.21 bits per heavy atom. The Labute approximate surface area is 166 Å². The van der Waals surface area contributed by atoms with Crippen LogP contribution in [0.2, 0.25) is 0 Å². The lowest BCUT2D eigenvalue weighted by atomic mass is 9.80. The highest BCUT2D eigenvalue weighted by atomic mass is 16.5. The molecule has 0 heterocycles. The van der Waals surface area contributed by atoms with E-state index in [1.165, 1.54) is 0 Å². The van der Waals surface area contributed by atoms with Gasteiger partial charge in [-0.05, 0) is 11.6 Å². The van der Waals surface area contributed by atoms with Crippen molar-refractivity contribution in [2.24, 2.45) is 0 Å². The largest absolute Gasteiger partial charge is 0.481 e. The Hall–Kier alpha value is -3.58. The Bertz CT molecular complexity index is 910. The Balaban J connectivity index is 1.87. The zero-order chi connectivity index (χ0) is 19.1. The second-order valence-corrected chi connectivity index (χ2v) is 6.61. The van der Waals surface area contributed by atoms with Crippen LogP contribution in [-0.4, -0.2) is 0 Å². The third kappa shape index (κ3) is 3.60. The lowest BCUT2D eigenvalue weighted by Crippen LogP contribution is -2.31. The number of hydrogen-bond donors (Lipinski definition) is 0. The fourth-order valence-electron chi connectivity index (χ4n) is 3.50. The summed E-state index contributed by atoms with van der Waals surface area (Å²) in [5, 5.41) is 0. The molecule has 0 aliphatic rings. The van der Waals surface area contributed by atoms with Crippen molar-refractivity contribution in [3.8, 4) is 0 Å². The first-order valence-corrected chi connectivity index (χ1v) is 9.45. The van der Waals surface area contributed by atoms with Crippen LogP contribution in [0, 0.1) is 0 Å². The summed E-state index contributed by atoms with van der Waals surface area (Å²) in [5.41, 5.74) is 3.64. The minimum Gasteiger partial charge on any atom is -0.481 e. The first-order chi connectivity index (χ1) is 13.9. The van der Waals surface area contributed by atoms with E-state index in [0.29, 0.717) is 0 Å². The lowest BCUT2D eigenvalue weighted by molar-refractivity contribution is 0.0996. The molecule has 0 fully saturated rings. The number of rotatable bonds is 6. The molecule has 4 aromatic rings. The standard InChI is InChI=1S/C27H22O/c1-5-13-23(14-6-1)21-22-28-27(24-15-7-2-8-16-24,25-17-9-3-10-18-25)26-19-11-4-12-20-26/h1-22H. The molecule has 0 atom stereocenters. The van der Waals surface area contributed by atoms with Gasteiger partial charge in [0.2, 0.25) is 0 Å². The molecule has 1 nitrogen and oxygen atoms in total. The third-order valence-electron chi connectivity index (χ3n) is 4.85. The molecule has 0 spiro atoms. The summed E-state index contributed by atoms with van der Waals surface area (Å²) in [6.45, 7) is 0. The first-order valence-electron chi connectivity index (χ1n) is 9.45. The number of hydrogen-bond acceptors (Lipinski definition) is 1. The molecule has 0 aliphatic carbocycles. The Morgan fingerprint density at radius 2 is 0.821 bits per heavy atom. The van der Waals surface area contributed by atoms with Crippen LogP contribution < -0.4 is 0 Å². The average molecular weight is 362 g/mol.